The third-order valence-electron chi connectivity index (χ3n) is 5.01. The van der Waals surface area contributed by atoms with Crippen molar-refractivity contribution >= 4 is 32.9 Å². The van der Waals surface area contributed by atoms with Crippen LogP contribution in [0.2, 0.25) is 0 Å². The monoisotopic (exact) mass is 478 g/mol. The molecular formula is C17H19F3N5O6S+. The van der Waals surface area contributed by atoms with Gasteiger partial charge in [0, 0.05) is 0 Å². The number of alkyl halides is 3. The molecule has 32 heavy (non-hydrogen) atoms. The second-order valence-electron chi connectivity index (χ2n) is 6.92. The normalized spacial score (nSPS) is 21.0. The molecule has 2 heterocycles. The highest BCUT2D eigenvalue weighted by Gasteiger charge is 2.52. The number of halogens is 3. The standard InChI is InChI=1S/C17H19F3N5O6S/c1-23-13(26)8-12-21-15(24(16(27)31-4)9-25(12,23)2)32(28,29)22-14-10(17(18,19)20)6-5-7-11(14)30-3/h5-8,22H,9H2,1-4H3/q+1. The molecule has 2 amide bonds. The smallest absolute Gasteiger partial charge is 0.420 e. The highest BCUT2D eigenvalue weighted by Crippen LogP contribution is 2.41. The molecule has 0 spiro atoms. The lowest BCUT2D eigenvalue weighted by Gasteiger charge is -2.40. The maximum atomic E-state index is 13.5. The van der Waals surface area contributed by atoms with Crippen molar-refractivity contribution < 1.29 is 45.2 Å². The Labute approximate surface area is 180 Å². The summed E-state index contributed by atoms with van der Waals surface area (Å²) in [6.07, 6.45) is -4.99. The first-order chi connectivity index (χ1) is 14.8. The highest BCUT2D eigenvalue weighted by atomic mass is 32.2. The van der Waals surface area contributed by atoms with Gasteiger partial charge < -0.3 is 9.47 Å². The van der Waals surface area contributed by atoms with Gasteiger partial charge in [-0.2, -0.15) is 41.1 Å². The minimum absolute atomic E-state index is 0.0332. The number of aliphatic imine (C=N–C) groups is 1. The van der Waals surface area contributed by atoms with Crippen molar-refractivity contribution in [1.29, 1.82) is 0 Å². The fraction of sp³-hybridized carbons (Fsp3) is 0.353. The average molecular weight is 478 g/mol. The largest absolute Gasteiger partial charge is 0.495 e. The second-order valence-corrected chi connectivity index (χ2v) is 8.50. The maximum absolute atomic E-state index is 13.5. The molecule has 1 aromatic carbocycles. The van der Waals surface area contributed by atoms with Gasteiger partial charge in [-0.25, -0.2) is 4.79 Å². The number of hydrogen-bond donors (Lipinski definition) is 1. The predicted molar refractivity (Wildman–Crippen MR) is 104 cm³/mol. The van der Waals surface area contributed by atoms with Gasteiger partial charge in [0.1, 0.15) is 11.4 Å². The number of nitrogens with zero attached hydrogens (tertiary/aromatic N) is 4. The van der Waals surface area contributed by atoms with E-state index in [4.69, 9.17) is 4.74 Å². The van der Waals surface area contributed by atoms with Crippen LogP contribution in [0.3, 0.4) is 0 Å². The van der Waals surface area contributed by atoms with Crippen LogP contribution in [0.5, 0.6) is 5.75 Å². The Kier molecular flexibility index (Phi) is 5.59. The van der Waals surface area contributed by atoms with Crippen LogP contribution < -0.4 is 9.46 Å². The topological polar surface area (TPSA) is 118 Å². The third-order valence-corrected chi connectivity index (χ3v) is 6.27. The molecule has 0 aromatic heterocycles. The Morgan fingerprint density at radius 2 is 1.94 bits per heavy atom. The minimum Gasteiger partial charge on any atom is -0.495 e. The van der Waals surface area contributed by atoms with Crippen LogP contribution >= 0.6 is 0 Å². The lowest BCUT2D eigenvalue weighted by molar-refractivity contribution is -0.974. The molecule has 2 aliphatic heterocycles. The summed E-state index contributed by atoms with van der Waals surface area (Å²) in [5.74, 6) is -0.944. The van der Waals surface area contributed by atoms with Gasteiger partial charge in [-0.05, 0) is 12.1 Å². The summed E-state index contributed by atoms with van der Waals surface area (Å²) in [6.45, 7) is -0.418. The Hall–Kier alpha value is -3.33. The third kappa shape index (κ3) is 3.73. The number of amides is 2. The Morgan fingerprint density at radius 1 is 1.28 bits per heavy atom. The molecule has 0 saturated carbocycles. The minimum atomic E-state index is -4.92. The number of fused-ring (bicyclic) bond motifs is 1. The zero-order valence-electron chi connectivity index (χ0n) is 17.3. The molecule has 2 aliphatic rings. The number of anilines is 1. The Balaban J connectivity index is 2.15. The molecule has 11 nitrogen and oxygen atoms in total. The summed E-state index contributed by atoms with van der Waals surface area (Å²) in [4.78, 5) is 29.0. The number of nitrogens with one attached hydrogen (secondary N) is 1. The SMILES string of the molecule is COC(=O)N1C[N+]2(C)C(=CC(=O)N2C)N=C1S(=O)(=O)Nc1c(OC)cccc1C(F)(F)F. The number of methoxy groups -OCH3 is 2. The molecule has 174 valence electrons. The van der Waals surface area contributed by atoms with E-state index in [1.54, 1.807) is 0 Å². The van der Waals surface area contributed by atoms with Crippen molar-refractivity contribution in [3.8, 4) is 5.75 Å². The molecule has 3 rings (SSSR count). The van der Waals surface area contributed by atoms with Crippen LogP contribution in [0.15, 0.2) is 35.1 Å². The molecule has 1 N–H and O–H groups in total. The second kappa shape index (κ2) is 7.67. The number of likely N-dealkylation sites (N-methyl/N-ethyl adjacent to an activating group) is 1. The first-order valence-electron chi connectivity index (χ1n) is 8.83. The van der Waals surface area contributed by atoms with Crippen LogP contribution in [0.1, 0.15) is 5.56 Å². The van der Waals surface area contributed by atoms with Crippen molar-refractivity contribution in [3.63, 3.8) is 0 Å². The van der Waals surface area contributed by atoms with Crippen LogP contribution in [-0.4, -0.2) is 75.1 Å². The van der Waals surface area contributed by atoms with Gasteiger partial charge in [0.05, 0.1) is 40.0 Å². The van der Waals surface area contributed by atoms with Crippen molar-refractivity contribution in [3.05, 3.63) is 35.7 Å². The quantitative estimate of drug-likeness (QED) is 0.659. The number of ether oxygens (including phenoxy) is 2. The van der Waals surface area contributed by atoms with Gasteiger partial charge in [-0.3, -0.25) is 9.52 Å². The predicted octanol–water partition coefficient (Wildman–Crippen LogP) is 1.53. The average Bonchev–Trinajstić information content (AvgIpc) is 2.94. The number of hydrogen-bond acceptors (Lipinski definition) is 7. The molecule has 0 radical (unpaired) electrons. The maximum Gasteiger partial charge on any atom is 0.420 e. The van der Waals surface area contributed by atoms with Gasteiger partial charge in [0.2, 0.25) is 0 Å². The number of benzene rings is 1. The molecule has 15 heteroatoms. The number of rotatable bonds is 3. The number of quaternary nitrogens is 1. The van der Waals surface area contributed by atoms with E-state index in [2.05, 4.69) is 9.73 Å². The number of para-hydroxylation sites is 1. The fourth-order valence-electron chi connectivity index (χ4n) is 3.19. The van der Waals surface area contributed by atoms with E-state index in [1.165, 1.54) is 19.1 Å². The van der Waals surface area contributed by atoms with E-state index in [1.807, 2.05) is 4.72 Å². The lowest BCUT2D eigenvalue weighted by Crippen LogP contribution is -2.63. The Morgan fingerprint density at radius 3 is 2.50 bits per heavy atom. The van der Waals surface area contributed by atoms with Gasteiger partial charge in [-0.1, -0.05) is 6.07 Å². The lowest BCUT2D eigenvalue weighted by atomic mass is 10.1. The molecule has 1 atom stereocenters. The summed E-state index contributed by atoms with van der Waals surface area (Å²) in [7, 11) is 0.0803. The molecule has 0 fully saturated rings. The van der Waals surface area contributed by atoms with Crippen LogP contribution in [0, 0.1) is 0 Å². The molecule has 0 aliphatic carbocycles. The van der Waals surface area contributed by atoms with E-state index in [0.717, 1.165) is 32.4 Å². The van der Waals surface area contributed by atoms with Gasteiger partial charge in [0.25, 0.3) is 26.9 Å². The van der Waals surface area contributed by atoms with E-state index < -0.39 is 57.0 Å². The van der Waals surface area contributed by atoms with E-state index in [0.29, 0.717) is 11.0 Å². The van der Waals surface area contributed by atoms with Crippen LogP contribution in [-0.2, 0) is 25.7 Å². The summed E-state index contributed by atoms with van der Waals surface area (Å²) in [5, 5.41) is 0.265. The first-order valence-corrected chi connectivity index (χ1v) is 10.3. The van der Waals surface area contributed by atoms with Gasteiger partial charge in [-0.15, -0.1) is 0 Å². The summed E-state index contributed by atoms with van der Waals surface area (Å²) >= 11 is 0. The molecular weight excluding hydrogens is 459 g/mol. The van der Waals surface area contributed by atoms with Gasteiger partial charge >= 0.3 is 12.3 Å². The number of sulfonamides is 1. The Bertz CT molecular complexity index is 1150. The van der Waals surface area contributed by atoms with E-state index in [-0.39, 0.29) is 10.4 Å². The first kappa shape index (κ1) is 23.3. The summed E-state index contributed by atoms with van der Waals surface area (Å²) in [6, 6.07) is 2.85. The number of carbonyl (C=O) groups is 2. The van der Waals surface area contributed by atoms with Crippen molar-refractivity contribution in [2.45, 2.75) is 6.18 Å². The molecule has 1 aromatic rings. The zero-order valence-corrected chi connectivity index (χ0v) is 18.1. The van der Waals surface area contributed by atoms with E-state index >= 15 is 0 Å². The van der Waals surface area contributed by atoms with Crippen molar-refractivity contribution in [1.82, 2.24) is 9.91 Å². The fourth-order valence-corrected chi connectivity index (χ4v) is 4.40. The molecule has 0 saturated heterocycles. The molecule has 1 unspecified atom stereocenters. The summed E-state index contributed by atoms with van der Waals surface area (Å²) < 4.78 is 77.7. The molecule has 0 bridgehead atoms. The van der Waals surface area contributed by atoms with Crippen LogP contribution in [0.25, 0.3) is 0 Å². The van der Waals surface area contributed by atoms with Crippen molar-refractivity contribution in [2.75, 3.05) is 39.7 Å². The number of carbonyl (C=O) groups excluding carboxylic acids is 2. The van der Waals surface area contributed by atoms with Crippen LogP contribution in [0.4, 0.5) is 23.7 Å². The van der Waals surface area contributed by atoms with E-state index in [9.17, 15) is 31.2 Å². The highest BCUT2D eigenvalue weighted by molar-refractivity contribution is 8.07. The van der Waals surface area contributed by atoms with Crippen molar-refractivity contribution in [2.24, 2.45) is 4.99 Å². The summed E-state index contributed by atoms with van der Waals surface area (Å²) in [5.41, 5.74) is -2.19. The number of amidine groups is 1. The van der Waals surface area contributed by atoms with Gasteiger partial charge in [0.15, 0.2) is 6.67 Å². The zero-order chi connectivity index (χ0) is 24.1.